The average molecular weight is 285 g/mol. The molecule has 1 fully saturated rings. The fourth-order valence-corrected chi connectivity index (χ4v) is 1.85. The monoisotopic (exact) mass is 285 g/mol. The maximum Gasteiger partial charge on any atom is 0.387 e. The van der Waals surface area contributed by atoms with E-state index in [2.05, 4.69) is 10.1 Å². The van der Waals surface area contributed by atoms with Gasteiger partial charge in [0.2, 0.25) is 0 Å². The van der Waals surface area contributed by atoms with E-state index >= 15 is 0 Å². The van der Waals surface area contributed by atoms with Crippen molar-refractivity contribution in [2.24, 2.45) is 5.92 Å². The first-order valence-electron chi connectivity index (χ1n) is 6.06. The van der Waals surface area contributed by atoms with Gasteiger partial charge in [0, 0.05) is 5.56 Å². The summed E-state index contributed by atoms with van der Waals surface area (Å²) < 4.78 is 28.4. The minimum absolute atomic E-state index is 0.0584. The van der Waals surface area contributed by atoms with E-state index in [9.17, 15) is 18.4 Å². The number of alkyl halides is 2. The normalized spacial score (nSPS) is 15.8. The van der Waals surface area contributed by atoms with Crippen LogP contribution in [0.5, 0.6) is 5.75 Å². The van der Waals surface area contributed by atoms with Crippen molar-refractivity contribution in [3.63, 3.8) is 0 Å². The molecule has 1 aliphatic rings. The van der Waals surface area contributed by atoms with Crippen molar-refractivity contribution in [1.29, 1.82) is 0 Å². The molecule has 1 aromatic carbocycles. The number of carboxylic acid groups (broad SMARTS) is 1. The molecular formula is C13H13F2NO4. The van der Waals surface area contributed by atoms with Gasteiger partial charge in [-0.05, 0) is 37.0 Å². The molecule has 0 aliphatic heterocycles. The third-order valence-electron chi connectivity index (χ3n) is 2.97. The number of carbonyl (C=O) groups excluding carboxylic acids is 1. The SMILES string of the molecule is O=C(NC(C(=O)O)C1CC1)c1cccc(OC(F)F)c1. The van der Waals surface area contributed by atoms with Crippen molar-refractivity contribution in [1.82, 2.24) is 5.32 Å². The lowest BCUT2D eigenvalue weighted by Gasteiger charge is -2.14. The van der Waals surface area contributed by atoms with E-state index in [0.29, 0.717) is 0 Å². The quantitative estimate of drug-likeness (QED) is 0.836. The molecule has 1 amide bonds. The molecule has 2 rings (SSSR count). The molecule has 2 N–H and O–H groups in total. The number of hydrogen-bond acceptors (Lipinski definition) is 3. The maximum absolute atomic E-state index is 12.1. The fourth-order valence-electron chi connectivity index (χ4n) is 1.85. The number of halogens is 2. The first kappa shape index (κ1) is 14.2. The van der Waals surface area contributed by atoms with Gasteiger partial charge in [-0.25, -0.2) is 4.79 Å². The summed E-state index contributed by atoms with van der Waals surface area (Å²) in [5.74, 6) is -1.92. The van der Waals surface area contributed by atoms with Crippen LogP contribution in [0.15, 0.2) is 24.3 Å². The number of carbonyl (C=O) groups is 2. The lowest BCUT2D eigenvalue weighted by atomic mass is 10.1. The summed E-state index contributed by atoms with van der Waals surface area (Å²) in [6.45, 7) is -2.98. The summed E-state index contributed by atoms with van der Waals surface area (Å²) >= 11 is 0. The number of benzene rings is 1. The molecule has 1 aromatic rings. The summed E-state index contributed by atoms with van der Waals surface area (Å²) in [5, 5.41) is 11.4. The number of carboxylic acids is 1. The molecule has 0 saturated heterocycles. The van der Waals surface area contributed by atoms with E-state index in [1.54, 1.807) is 0 Å². The number of hydrogen-bond donors (Lipinski definition) is 2. The van der Waals surface area contributed by atoms with Gasteiger partial charge in [0.1, 0.15) is 11.8 Å². The number of ether oxygens (including phenoxy) is 1. The van der Waals surface area contributed by atoms with Crippen LogP contribution in [0, 0.1) is 5.92 Å². The predicted molar refractivity (Wildman–Crippen MR) is 64.7 cm³/mol. The van der Waals surface area contributed by atoms with Crippen LogP contribution in [0.25, 0.3) is 0 Å². The zero-order valence-corrected chi connectivity index (χ0v) is 10.4. The van der Waals surface area contributed by atoms with Gasteiger partial charge < -0.3 is 15.2 Å². The molecule has 108 valence electrons. The number of amides is 1. The Morgan fingerprint density at radius 3 is 2.60 bits per heavy atom. The molecule has 1 saturated carbocycles. The summed E-state index contributed by atoms with van der Waals surface area (Å²) in [5.41, 5.74) is 0.0788. The highest BCUT2D eigenvalue weighted by atomic mass is 19.3. The van der Waals surface area contributed by atoms with E-state index in [1.807, 2.05) is 0 Å². The molecule has 0 radical (unpaired) electrons. The van der Waals surface area contributed by atoms with Crippen molar-refractivity contribution < 1.29 is 28.2 Å². The van der Waals surface area contributed by atoms with E-state index in [1.165, 1.54) is 18.2 Å². The van der Waals surface area contributed by atoms with Crippen molar-refractivity contribution in [3.05, 3.63) is 29.8 Å². The molecule has 1 atom stereocenters. The first-order valence-corrected chi connectivity index (χ1v) is 6.06. The van der Waals surface area contributed by atoms with Gasteiger partial charge in [0.15, 0.2) is 0 Å². The second kappa shape index (κ2) is 5.85. The second-order valence-corrected chi connectivity index (χ2v) is 4.53. The number of aliphatic carboxylic acids is 1. The molecule has 0 heterocycles. The van der Waals surface area contributed by atoms with Gasteiger partial charge in [-0.2, -0.15) is 8.78 Å². The lowest BCUT2D eigenvalue weighted by molar-refractivity contribution is -0.139. The lowest BCUT2D eigenvalue weighted by Crippen LogP contribution is -2.42. The minimum Gasteiger partial charge on any atom is -0.480 e. The van der Waals surface area contributed by atoms with Crippen LogP contribution in [0.3, 0.4) is 0 Å². The highest BCUT2D eigenvalue weighted by molar-refractivity contribution is 5.97. The van der Waals surface area contributed by atoms with Crippen LogP contribution in [0.4, 0.5) is 8.78 Å². The van der Waals surface area contributed by atoms with Crippen LogP contribution < -0.4 is 10.1 Å². The van der Waals surface area contributed by atoms with Gasteiger partial charge in [0.05, 0.1) is 0 Å². The molecule has 20 heavy (non-hydrogen) atoms. The Kier molecular flexibility index (Phi) is 4.16. The Morgan fingerprint density at radius 1 is 1.35 bits per heavy atom. The molecule has 5 nitrogen and oxygen atoms in total. The van der Waals surface area contributed by atoms with Crippen molar-refractivity contribution in [2.75, 3.05) is 0 Å². The van der Waals surface area contributed by atoms with Crippen molar-refractivity contribution in [2.45, 2.75) is 25.5 Å². The zero-order chi connectivity index (χ0) is 14.7. The highest BCUT2D eigenvalue weighted by Gasteiger charge is 2.37. The predicted octanol–water partition coefficient (Wildman–Crippen LogP) is 1.88. The minimum atomic E-state index is -2.98. The summed E-state index contributed by atoms with van der Waals surface area (Å²) in [4.78, 5) is 22.9. The van der Waals surface area contributed by atoms with Gasteiger partial charge >= 0.3 is 12.6 Å². The third-order valence-corrected chi connectivity index (χ3v) is 2.97. The zero-order valence-electron chi connectivity index (χ0n) is 10.4. The third kappa shape index (κ3) is 3.66. The maximum atomic E-state index is 12.1. The van der Waals surface area contributed by atoms with Crippen LogP contribution in [-0.2, 0) is 4.79 Å². The van der Waals surface area contributed by atoms with E-state index < -0.39 is 24.5 Å². The van der Waals surface area contributed by atoms with Crippen LogP contribution >= 0.6 is 0 Å². The van der Waals surface area contributed by atoms with Gasteiger partial charge in [-0.1, -0.05) is 6.07 Å². The van der Waals surface area contributed by atoms with Crippen LogP contribution in [-0.4, -0.2) is 29.6 Å². The summed E-state index contributed by atoms with van der Waals surface area (Å²) in [6, 6.07) is 4.28. The van der Waals surface area contributed by atoms with Crippen molar-refractivity contribution in [3.8, 4) is 5.75 Å². The Labute approximate surface area is 113 Å². The number of nitrogens with one attached hydrogen (secondary N) is 1. The molecule has 0 aromatic heterocycles. The van der Waals surface area contributed by atoms with Gasteiger partial charge in [0.25, 0.3) is 5.91 Å². The highest BCUT2D eigenvalue weighted by Crippen LogP contribution is 2.33. The Bertz CT molecular complexity index is 517. The molecule has 0 bridgehead atoms. The summed E-state index contributed by atoms with van der Waals surface area (Å²) in [6.07, 6.45) is 1.51. The molecule has 0 spiro atoms. The van der Waals surface area contributed by atoms with E-state index in [4.69, 9.17) is 5.11 Å². The largest absolute Gasteiger partial charge is 0.480 e. The Balaban J connectivity index is 2.06. The van der Waals surface area contributed by atoms with Gasteiger partial charge in [-0.3, -0.25) is 4.79 Å². The van der Waals surface area contributed by atoms with E-state index in [-0.39, 0.29) is 17.2 Å². The fraction of sp³-hybridized carbons (Fsp3) is 0.385. The molecule has 1 aliphatic carbocycles. The van der Waals surface area contributed by atoms with Gasteiger partial charge in [-0.15, -0.1) is 0 Å². The van der Waals surface area contributed by atoms with Crippen LogP contribution in [0.2, 0.25) is 0 Å². The second-order valence-electron chi connectivity index (χ2n) is 4.53. The number of rotatable bonds is 6. The summed E-state index contributed by atoms with van der Waals surface area (Å²) in [7, 11) is 0. The topological polar surface area (TPSA) is 75.6 Å². The Hall–Kier alpha value is -2.18. The van der Waals surface area contributed by atoms with Crippen LogP contribution in [0.1, 0.15) is 23.2 Å². The molecule has 7 heteroatoms. The van der Waals surface area contributed by atoms with Crippen molar-refractivity contribution >= 4 is 11.9 Å². The first-order chi connectivity index (χ1) is 9.47. The standard InChI is InChI=1S/C13H13F2NO4/c14-13(15)20-9-3-1-2-8(6-9)11(17)16-10(12(18)19)7-4-5-7/h1-3,6-7,10,13H,4-5H2,(H,16,17)(H,18,19). The molecule has 1 unspecified atom stereocenters. The average Bonchev–Trinajstić information content (AvgIpc) is 3.19. The van der Waals surface area contributed by atoms with E-state index in [0.717, 1.165) is 18.9 Å². The smallest absolute Gasteiger partial charge is 0.387 e. The Morgan fingerprint density at radius 2 is 2.05 bits per heavy atom. The molecular weight excluding hydrogens is 272 g/mol.